The number of para-hydroxylation sites is 2. The van der Waals surface area contributed by atoms with E-state index in [0.29, 0.717) is 29.2 Å². The van der Waals surface area contributed by atoms with Crippen molar-refractivity contribution in [3.05, 3.63) is 95.8 Å². The number of hydrogen-bond acceptors (Lipinski definition) is 3. The van der Waals surface area contributed by atoms with Crippen molar-refractivity contribution >= 4 is 16.6 Å². The highest BCUT2D eigenvalue weighted by molar-refractivity contribution is 6.14. The van der Waals surface area contributed by atoms with Crippen molar-refractivity contribution in [2.24, 2.45) is 0 Å². The molecule has 1 unspecified atom stereocenters. The Morgan fingerprint density at radius 3 is 2.31 bits per heavy atom. The third-order valence-electron chi connectivity index (χ3n) is 5.70. The molecule has 0 spiro atoms. The van der Waals surface area contributed by atoms with Crippen molar-refractivity contribution in [2.45, 2.75) is 18.9 Å². The van der Waals surface area contributed by atoms with Gasteiger partial charge in [-0.3, -0.25) is 9.36 Å². The lowest BCUT2D eigenvalue weighted by Gasteiger charge is -2.31. The zero-order valence-electron chi connectivity index (χ0n) is 15.9. The minimum absolute atomic E-state index is 0.139. The molecular weight excluding hydrogens is 360 g/mol. The molecule has 2 heterocycles. The van der Waals surface area contributed by atoms with Crippen molar-refractivity contribution < 1.29 is 9.53 Å². The largest absolute Gasteiger partial charge is 0.472 e. The van der Waals surface area contributed by atoms with E-state index in [9.17, 15) is 10.1 Å². The average molecular weight is 378 g/mol. The molecule has 4 aromatic rings. The predicted molar refractivity (Wildman–Crippen MR) is 111 cm³/mol. The van der Waals surface area contributed by atoms with Gasteiger partial charge < -0.3 is 4.74 Å². The number of nitriles is 1. The minimum atomic E-state index is -1.17. The number of rotatable bonds is 2. The van der Waals surface area contributed by atoms with Crippen molar-refractivity contribution in [3.8, 4) is 17.5 Å². The van der Waals surface area contributed by atoms with Crippen LogP contribution in [-0.2, 0) is 5.60 Å². The summed E-state index contributed by atoms with van der Waals surface area (Å²) in [6.45, 7) is 1.96. The molecule has 0 radical (unpaired) electrons. The van der Waals surface area contributed by atoms with Gasteiger partial charge in [-0.25, -0.2) is 0 Å². The summed E-state index contributed by atoms with van der Waals surface area (Å²) in [6.07, 6.45) is 0.464. The van der Waals surface area contributed by atoms with E-state index in [4.69, 9.17) is 4.74 Å². The predicted octanol–water partition coefficient (Wildman–Crippen LogP) is 5.38. The Balaban J connectivity index is 1.96. The topological polar surface area (TPSA) is 55.0 Å². The van der Waals surface area contributed by atoms with Gasteiger partial charge in [0.25, 0.3) is 0 Å². The fourth-order valence-corrected chi connectivity index (χ4v) is 4.31. The molecule has 4 heteroatoms. The Kier molecular flexibility index (Phi) is 3.78. The molecule has 1 aromatic heterocycles. The Bertz CT molecular complexity index is 1300. The number of nitrogens with zero attached hydrogens (tertiary/aromatic N) is 2. The molecule has 5 rings (SSSR count). The first-order valence-electron chi connectivity index (χ1n) is 9.63. The van der Waals surface area contributed by atoms with Crippen LogP contribution in [0, 0.1) is 11.3 Å². The van der Waals surface area contributed by atoms with Gasteiger partial charge in [-0.1, -0.05) is 73.7 Å². The van der Waals surface area contributed by atoms with Gasteiger partial charge in [-0.15, -0.1) is 0 Å². The highest BCUT2D eigenvalue weighted by Gasteiger charge is 2.46. The van der Waals surface area contributed by atoms with Crippen LogP contribution >= 0.6 is 0 Å². The zero-order valence-corrected chi connectivity index (χ0v) is 15.9. The van der Waals surface area contributed by atoms with E-state index >= 15 is 0 Å². The number of aromatic nitrogens is 1. The molecule has 1 atom stereocenters. The first-order valence-corrected chi connectivity index (χ1v) is 9.63. The lowest BCUT2D eigenvalue weighted by atomic mass is 9.84. The summed E-state index contributed by atoms with van der Waals surface area (Å²) in [4.78, 5) is 14.1. The molecule has 0 N–H and O–H groups in total. The quantitative estimate of drug-likeness (QED) is 0.470. The Labute approximate surface area is 168 Å². The van der Waals surface area contributed by atoms with Gasteiger partial charge >= 0.3 is 0 Å². The molecule has 0 fully saturated rings. The van der Waals surface area contributed by atoms with E-state index in [1.165, 1.54) is 0 Å². The van der Waals surface area contributed by atoms with Crippen molar-refractivity contribution in [1.29, 1.82) is 5.26 Å². The highest BCUT2D eigenvalue weighted by Crippen LogP contribution is 2.44. The molecule has 4 nitrogen and oxygen atoms in total. The summed E-state index contributed by atoms with van der Waals surface area (Å²) < 4.78 is 8.27. The summed E-state index contributed by atoms with van der Waals surface area (Å²) >= 11 is 0. The molecule has 3 aromatic carbocycles. The van der Waals surface area contributed by atoms with Gasteiger partial charge in [-0.05, 0) is 18.6 Å². The van der Waals surface area contributed by atoms with E-state index in [2.05, 4.69) is 6.07 Å². The first-order chi connectivity index (χ1) is 14.2. The molecule has 0 saturated carbocycles. The van der Waals surface area contributed by atoms with Gasteiger partial charge in [-0.2, -0.15) is 5.26 Å². The SMILES string of the molecule is CCC1(c2ccccc2)Oc2ccccc2-n2c(C#N)c3ccccc3c2C1=O. The molecule has 0 saturated heterocycles. The van der Waals surface area contributed by atoms with E-state index in [0.717, 1.165) is 16.3 Å². The average Bonchev–Trinajstić information content (AvgIpc) is 3.06. The fraction of sp³-hybridized carbons (Fsp3) is 0.120. The zero-order chi connectivity index (χ0) is 20.0. The minimum Gasteiger partial charge on any atom is -0.472 e. The number of ether oxygens (including phenoxy) is 1. The van der Waals surface area contributed by atoms with Crippen LogP contribution in [0.1, 0.15) is 35.1 Å². The van der Waals surface area contributed by atoms with E-state index in [-0.39, 0.29) is 5.78 Å². The van der Waals surface area contributed by atoms with E-state index < -0.39 is 5.60 Å². The first kappa shape index (κ1) is 17.3. The number of fused-ring (bicyclic) bond motifs is 5. The van der Waals surface area contributed by atoms with Gasteiger partial charge in [0.2, 0.25) is 5.78 Å². The number of Topliss-reactive ketones (excluding diaryl/α,β-unsaturated/α-hetero) is 1. The summed E-state index contributed by atoms with van der Waals surface area (Å²) in [7, 11) is 0. The molecule has 140 valence electrons. The molecule has 1 aliphatic rings. The fourth-order valence-electron chi connectivity index (χ4n) is 4.31. The summed E-state index contributed by atoms with van der Waals surface area (Å²) in [5.74, 6) is 0.446. The smallest absolute Gasteiger partial charge is 0.228 e. The third-order valence-corrected chi connectivity index (χ3v) is 5.70. The van der Waals surface area contributed by atoms with Crippen LogP contribution in [0.2, 0.25) is 0 Å². The molecular formula is C25H18N2O2. The maximum Gasteiger partial charge on any atom is 0.228 e. The second-order valence-electron chi connectivity index (χ2n) is 7.14. The number of carbonyl (C=O) groups is 1. The standard InChI is InChI=1S/C25H18N2O2/c1-2-25(17-10-4-3-5-11-17)24(28)23-19-13-7-6-12-18(19)21(16-26)27(23)20-14-8-9-15-22(20)29-25/h3-15H,2H2,1H3. The number of hydrogen-bond donors (Lipinski definition) is 0. The van der Waals surface area contributed by atoms with Crippen LogP contribution in [0.25, 0.3) is 16.5 Å². The van der Waals surface area contributed by atoms with Gasteiger partial charge in [0.15, 0.2) is 5.60 Å². The highest BCUT2D eigenvalue weighted by atomic mass is 16.5. The second-order valence-corrected chi connectivity index (χ2v) is 7.14. The maximum atomic E-state index is 14.1. The van der Waals surface area contributed by atoms with E-state index in [1.807, 2.05) is 85.8 Å². The number of ketones is 1. The van der Waals surface area contributed by atoms with Gasteiger partial charge in [0, 0.05) is 16.3 Å². The summed E-state index contributed by atoms with van der Waals surface area (Å²) in [5, 5.41) is 11.5. The normalized spacial score (nSPS) is 17.7. The van der Waals surface area contributed by atoms with Crippen LogP contribution < -0.4 is 4.74 Å². The lowest BCUT2D eigenvalue weighted by molar-refractivity contribution is 0.0426. The van der Waals surface area contributed by atoms with Crippen molar-refractivity contribution in [3.63, 3.8) is 0 Å². The second kappa shape index (κ2) is 6.35. The molecule has 0 aliphatic carbocycles. The van der Waals surface area contributed by atoms with Crippen LogP contribution in [0.4, 0.5) is 0 Å². The summed E-state index contributed by atoms with van der Waals surface area (Å²) in [6, 6.07) is 27.0. The molecule has 1 aliphatic heterocycles. The molecule has 0 amide bonds. The number of benzene rings is 3. The number of carbonyl (C=O) groups excluding carboxylic acids is 1. The lowest BCUT2D eigenvalue weighted by Crippen LogP contribution is -2.41. The Morgan fingerprint density at radius 2 is 1.59 bits per heavy atom. The maximum absolute atomic E-state index is 14.1. The third kappa shape index (κ3) is 2.28. The van der Waals surface area contributed by atoms with E-state index in [1.54, 1.807) is 4.57 Å². The Morgan fingerprint density at radius 1 is 0.931 bits per heavy atom. The van der Waals surface area contributed by atoms with Gasteiger partial charge in [0.1, 0.15) is 23.2 Å². The molecule has 0 bridgehead atoms. The molecule has 29 heavy (non-hydrogen) atoms. The summed E-state index contributed by atoms with van der Waals surface area (Å²) in [5.41, 5.74) is 1.28. The van der Waals surface area contributed by atoms with Crippen LogP contribution in [-0.4, -0.2) is 10.4 Å². The van der Waals surface area contributed by atoms with Crippen molar-refractivity contribution in [1.82, 2.24) is 4.57 Å². The van der Waals surface area contributed by atoms with Gasteiger partial charge in [0.05, 0.1) is 5.69 Å². The van der Waals surface area contributed by atoms with Crippen LogP contribution in [0.3, 0.4) is 0 Å². The van der Waals surface area contributed by atoms with Crippen LogP contribution in [0.15, 0.2) is 78.9 Å². The monoisotopic (exact) mass is 378 g/mol. The Hall–Kier alpha value is -3.84. The van der Waals surface area contributed by atoms with Crippen molar-refractivity contribution in [2.75, 3.05) is 0 Å². The van der Waals surface area contributed by atoms with Crippen LogP contribution in [0.5, 0.6) is 5.75 Å².